The fraction of sp³-hybridized carbons (Fsp3) is 0.105. The Bertz CT molecular complexity index is 921. The van der Waals surface area contributed by atoms with Gasteiger partial charge in [0.25, 0.3) is 5.56 Å². The molecule has 5 nitrogen and oxygen atoms in total. The predicted molar refractivity (Wildman–Crippen MR) is 105 cm³/mol. The van der Waals surface area contributed by atoms with Gasteiger partial charge in [-0.05, 0) is 46.4 Å². The zero-order chi connectivity index (χ0) is 17.6. The van der Waals surface area contributed by atoms with Gasteiger partial charge in [-0.15, -0.1) is 0 Å². The minimum Gasteiger partial charge on any atom is -0.350 e. The van der Waals surface area contributed by atoms with Crippen molar-refractivity contribution in [2.45, 2.75) is 13.1 Å². The zero-order valence-corrected chi connectivity index (χ0v) is 15.5. The maximum Gasteiger partial charge on any atom is 0.267 e. The third-order valence-corrected chi connectivity index (χ3v) is 4.35. The number of rotatable bonds is 5. The summed E-state index contributed by atoms with van der Waals surface area (Å²) in [7, 11) is 0. The van der Waals surface area contributed by atoms with E-state index in [0.29, 0.717) is 12.2 Å². The van der Waals surface area contributed by atoms with Gasteiger partial charge in [-0.25, -0.2) is 4.68 Å². The molecule has 0 saturated carbocycles. The van der Waals surface area contributed by atoms with Crippen molar-refractivity contribution in [3.8, 4) is 11.3 Å². The molecule has 0 saturated heterocycles. The maximum absolute atomic E-state index is 12.1. The Kier molecular flexibility index (Phi) is 5.60. The standard InChI is InChI=1S/C19H16IN3O2/c20-16-8-6-14(7-9-16)12-21-18(24)13-23-19(25)11-10-17(22-23)15-4-2-1-3-5-15/h1-11H,12-13H2,(H,21,24). The second-order valence-electron chi connectivity index (χ2n) is 5.48. The Balaban J connectivity index is 1.68. The molecule has 126 valence electrons. The zero-order valence-electron chi connectivity index (χ0n) is 13.4. The molecule has 0 unspecified atom stereocenters. The highest BCUT2D eigenvalue weighted by Crippen LogP contribution is 2.13. The van der Waals surface area contributed by atoms with E-state index in [-0.39, 0.29) is 18.0 Å². The third kappa shape index (κ3) is 4.76. The average Bonchev–Trinajstić information content (AvgIpc) is 2.64. The van der Waals surface area contributed by atoms with Gasteiger partial charge in [0, 0.05) is 21.7 Å². The van der Waals surface area contributed by atoms with Crippen molar-refractivity contribution in [2.24, 2.45) is 0 Å². The molecule has 0 aliphatic rings. The van der Waals surface area contributed by atoms with Crippen LogP contribution in [0.3, 0.4) is 0 Å². The predicted octanol–water partition coefficient (Wildman–Crippen LogP) is 2.83. The number of benzene rings is 2. The molecule has 1 heterocycles. The average molecular weight is 445 g/mol. The molecule has 0 spiro atoms. The minimum atomic E-state index is -0.302. The number of nitrogens with zero attached hydrogens (tertiary/aromatic N) is 2. The molecule has 0 bridgehead atoms. The van der Waals surface area contributed by atoms with Gasteiger partial charge >= 0.3 is 0 Å². The van der Waals surface area contributed by atoms with Crippen LogP contribution in [0.4, 0.5) is 0 Å². The number of nitrogens with one attached hydrogen (secondary N) is 1. The summed E-state index contributed by atoms with van der Waals surface area (Å²) in [4.78, 5) is 24.1. The molecule has 6 heteroatoms. The summed E-state index contributed by atoms with van der Waals surface area (Å²) < 4.78 is 2.33. The van der Waals surface area contributed by atoms with E-state index in [1.165, 1.54) is 10.7 Å². The van der Waals surface area contributed by atoms with Crippen LogP contribution >= 0.6 is 22.6 Å². The number of hydrogen-bond donors (Lipinski definition) is 1. The van der Waals surface area contributed by atoms with Gasteiger partial charge in [0.1, 0.15) is 6.54 Å². The summed E-state index contributed by atoms with van der Waals surface area (Å²) in [6.45, 7) is 0.312. The van der Waals surface area contributed by atoms with E-state index in [4.69, 9.17) is 0 Å². The van der Waals surface area contributed by atoms with Crippen LogP contribution in [-0.4, -0.2) is 15.7 Å². The Morgan fingerprint density at radius 1 is 1.00 bits per heavy atom. The van der Waals surface area contributed by atoms with Gasteiger partial charge in [-0.1, -0.05) is 42.5 Å². The second-order valence-corrected chi connectivity index (χ2v) is 6.73. The molecule has 2 aromatic carbocycles. The first-order valence-corrected chi connectivity index (χ1v) is 8.84. The molecule has 0 aliphatic carbocycles. The lowest BCUT2D eigenvalue weighted by molar-refractivity contribution is -0.122. The lowest BCUT2D eigenvalue weighted by atomic mass is 10.1. The number of amides is 1. The molecule has 0 aliphatic heterocycles. The highest BCUT2D eigenvalue weighted by Gasteiger charge is 2.08. The molecular formula is C19H16IN3O2. The van der Waals surface area contributed by atoms with Gasteiger partial charge in [0.15, 0.2) is 0 Å². The molecule has 3 aromatic rings. The number of halogens is 1. The van der Waals surface area contributed by atoms with Crippen molar-refractivity contribution in [3.05, 3.63) is 86.2 Å². The fourth-order valence-electron chi connectivity index (χ4n) is 2.32. The number of carbonyl (C=O) groups is 1. The molecular weight excluding hydrogens is 429 g/mol. The monoisotopic (exact) mass is 445 g/mol. The lowest BCUT2D eigenvalue weighted by Crippen LogP contribution is -2.33. The van der Waals surface area contributed by atoms with E-state index < -0.39 is 0 Å². The van der Waals surface area contributed by atoms with Crippen LogP contribution in [0.5, 0.6) is 0 Å². The Morgan fingerprint density at radius 3 is 2.44 bits per heavy atom. The van der Waals surface area contributed by atoms with Gasteiger partial charge < -0.3 is 5.32 Å². The van der Waals surface area contributed by atoms with Crippen LogP contribution in [0.2, 0.25) is 0 Å². The van der Waals surface area contributed by atoms with Crippen molar-refractivity contribution in [3.63, 3.8) is 0 Å². The summed E-state index contributed by atoms with van der Waals surface area (Å²) in [6.07, 6.45) is 0. The van der Waals surface area contributed by atoms with Crippen molar-refractivity contribution < 1.29 is 4.79 Å². The first-order valence-electron chi connectivity index (χ1n) is 7.76. The first kappa shape index (κ1) is 17.3. The normalized spacial score (nSPS) is 10.4. The topological polar surface area (TPSA) is 64.0 Å². The summed E-state index contributed by atoms with van der Waals surface area (Å²) in [5.41, 5.74) is 2.26. The van der Waals surface area contributed by atoms with E-state index in [0.717, 1.165) is 14.7 Å². The second kappa shape index (κ2) is 8.06. The highest BCUT2D eigenvalue weighted by atomic mass is 127. The van der Waals surface area contributed by atoms with Gasteiger partial charge in [-0.3, -0.25) is 9.59 Å². The number of carbonyl (C=O) groups excluding carboxylic acids is 1. The van der Waals surface area contributed by atoms with E-state index >= 15 is 0 Å². The maximum atomic E-state index is 12.1. The van der Waals surface area contributed by atoms with Crippen LogP contribution in [0.15, 0.2) is 71.5 Å². The van der Waals surface area contributed by atoms with Crippen LogP contribution in [0.1, 0.15) is 5.56 Å². The molecule has 0 atom stereocenters. The number of hydrogen-bond acceptors (Lipinski definition) is 3. The SMILES string of the molecule is O=C(Cn1nc(-c2ccccc2)ccc1=O)NCc1ccc(I)cc1. The molecule has 1 aromatic heterocycles. The van der Waals surface area contributed by atoms with Crippen molar-refractivity contribution >= 4 is 28.5 Å². The van der Waals surface area contributed by atoms with E-state index in [2.05, 4.69) is 33.0 Å². The van der Waals surface area contributed by atoms with Crippen molar-refractivity contribution in [2.75, 3.05) is 0 Å². The summed E-state index contributed by atoms with van der Waals surface area (Å²) in [6, 6.07) is 20.5. The van der Waals surface area contributed by atoms with E-state index in [9.17, 15) is 9.59 Å². The molecule has 0 fully saturated rings. The van der Waals surface area contributed by atoms with Gasteiger partial charge in [0.2, 0.25) is 5.91 Å². The quantitative estimate of drug-likeness (QED) is 0.615. The van der Waals surface area contributed by atoms with Gasteiger partial charge in [0.05, 0.1) is 5.69 Å². The number of aromatic nitrogens is 2. The highest BCUT2D eigenvalue weighted by molar-refractivity contribution is 14.1. The summed E-state index contributed by atoms with van der Waals surface area (Å²) in [5, 5.41) is 7.10. The Hall–Kier alpha value is -2.48. The lowest BCUT2D eigenvalue weighted by Gasteiger charge is -2.08. The van der Waals surface area contributed by atoms with Crippen LogP contribution in [0, 0.1) is 3.57 Å². The smallest absolute Gasteiger partial charge is 0.267 e. The largest absolute Gasteiger partial charge is 0.350 e. The van der Waals surface area contributed by atoms with Crippen LogP contribution < -0.4 is 10.9 Å². The van der Waals surface area contributed by atoms with Gasteiger partial charge in [-0.2, -0.15) is 5.10 Å². The third-order valence-electron chi connectivity index (χ3n) is 3.63. The molecule has 1 amide bonds. The summed E-state index contributed by atoms with van der Waals surface area (Å²) >= 11 is 2.23. The molecule has 1 N–H and O–H groups in total. The van der Waals surface area contributed by atoms with Crippen molar-refractivity contribution in [1.29, 1.82) is 0 Å². The molecule has 25 heavy (non-hydrogen) atoms. The molecule has 0 radical (unpaired) electrons. The van der Waals surface area contributed by atoms with Crippen molar-refractivity contribution in [1.82, 2.24) is 15.1 Å². The van der Waals surface area contributed by atoms with Crippen LogP contribution in [0.25, 0.3) is 11.3 Å². The Morgan fingerprint density at radius 2 is 1.72 bits per heavy atom. The summed E-state index contributed by atoms with van der Waals surface area (Å²) in [5.74, 6) is -0.252. The minimum absolute atomic E-state index is 0.107. The first-order chi connectivity index (χ1) is 12.1. The van der Waals surface area contributed by atoms with E-state index in [1.54, 1.807) is 6.07 Å². The van der Waals surface area contributed by atoms with Crippen LogP contribution in [-0.2, 0) is 17.9 Å². The van der Waals surface area contributed by atoms with E-state index in [1.807, 2.05) is 54.6 Å². The fourth-order valence-corrected chi connectivity index (χ4v) is 2.68. The molecule has 3 rings (SSSR count). The Labute approximate surface area is 158 Å².